The molecular weight excluding hydrogens is 330 g/mol. The van der Waals surface area contributed by atoms with Gasteiger partial charge in [-0.05, 0) is 13.3 Å². The fraction of sp³-hybridized carbons (Fsp3) is 1.00. The third-order valence-corrected chi connectivity index (χ3v) is 0.706. The summed E-state index contributed by atoms with van der Waals surface area (Å²) in [7, 11) is 0. The Labute approximate surface area is 74.6 Å². The normalized spacial score (nSPS) is 11.6. The SMILES string of the molecule is CCCC(C)O.II. The summed E-state index contributed by atoms with van der Waals surface area (Å²) in [6.07, 6.45) is 1.91. The minimum absolute atomic E-state index is 0.102. The van der Waals surface area contributed by atoms with Crippen LogP contribution >= 0.6 is 37.2 Å². The van der Waals surface area contributed by atoms with Crippen molar-refractivity contribution < 1.29 is 5.11 Å². The molecule has 0 radical (unpaired) electrons. The average molecular weight is 342 g/mol. The Kier molecular flexibility index (Phi) is 17.1. The standard InChI is InChI=1S/C5H12O.I2/c1-3-4-5(2)6;1-2/h5-6H,3-4H2,1-2H3;. The van der Waals surface area contributed by atoms with E-state index in [1.54, 1.807) is 0 Å². The van der Waals surface area contributed by atoms with Crippen molar-refractivity contribution in [1.29, 1.82) is 0 Å². The maximum atomic E-state index is 8.55. The van der Waals surface area contributed by atoms with Crippen LogP contribution in [0.4, 0.5) is 0 Å². The first kappa shape index (κ1) is 12.1. The van der Waals surface area contributed by atoms with Crippen molar-refractivity contribution in [3.63, 3.8) is 0 Å². The largest absolute Gasteiger partial charge is 0.393 e. The lowest BCUT2D eigenvalue weighted by Gasteiger charge is -1.95. The lowest BCUT2D eigenvalue weighted by molar-refractivity contribution is 0.183. The number of halogens is 2. The maximum absolute atomic E-state index is 8.55. The van der Waals surface area contributed by atoms with E-state index in [1.165, 1.54) is 0 Å². The zero-order valence-corrected chi connectivity index (χ0v) is 9.51. The number of aliphatic hydroxyl groups excluding tert-OH is 1. The summed E-state index contributed by atoms with van der Waals surface area (Å²) >= 11 is 4.24. The number of aliphatic hydroxyl groups is 1. The van der Waals surface area contributed by atoms with Crippen molar-refractivity contribution >= 4 is 37.2 Å². The first-order valence-corrected chi connectivity index (χ1v) is 8.88. The molecule has 0 aliphatic heterocycles. The molecule has 0 amide bonds. The van der Waals surface area contributed by atoms with E-state index in [4.69, 9.17) is 5.11 Å². The third kappa shape index (κ3) is 15.7. The highest BCUT2D eigenvalue weighted by molar-refractivity contribution is 15.0. The van der Waals surface area contributed by atoms with Crippen LogP contribution < -0.4 is 0 Å². The quantitative estimate of drug-likeness (QED) is 0.766. The molecule has 52 valence electrons. The molecule has 0 spiro atoms. The van der Waals surface area contributed by atoms with E-state index in [1.807, 2.05) is 6.92 Å². The van der Waals surface area contributed by atoms with Gasteiger partial charge in [0, 0.05) is 37.2 Å². The van der Waals surface area contributed by atoms with Crippen LogP contribution in [-0.4, -0.2) is 11.2 Å². The highest BCUT2D eigenvalue weighted by Crippen LogP contribution is 1.91. The van der Waals surface area contributed by atoms with Gasteiger partial charge in [0.05, 0.1) is 6.10 Å². The molecule has 0 fully saturated rings. The third-order valence-electron chi connectivity index (χ3n) is 0.706. The molecule has 8 heavy (non-hydrogen) atoms. The Bertz CT molecular complexity index is 31.6. The Balaban J connectivity index is 0. The zero-order valence-electron chi connectivity index (χ0n) is 5.19. The van der Waals surface area contributed by atoms with Crippen LogP contribution in [0, 0.1) is 0 Å². The summed E-state index contributed by atoms with van der Waals surface area (Å²) < 4.78 is 0. The van der Waals surface area contributed by atoms with Gasteiger partial charge in [0.25, 0.3) is 0 Å². The van der Waals surface area contributed by atoms with Crippen LogP contribution in [-0.2, 0) is 0 Å². The predicted molar refractivity (Wildman–Crippen MR) is 54.6 cm³/mol. The van der Waals surface area contributed by atoms with E-state index in [2.05, 4.69) is 44.2 Å². The molecule has 0 saturated heterocycles. The highest BCUT2D eigenvalue weighted by Gasteiger charge is 1.87. The number of hydrogen-bond acceptors (Lipinski definition) is 1. The van der Waals surface area contributed by atoms with Crippen molar-refractivity contribution in [2.45, 2.75) is 32.8 Å². The van der Waals surface area contributed by atoms with E-state index in [0.717, 1.165) is 12.8 Å². The van der Waals surface area contributed by atoms with Gasteiger partial charge in [-0.15, -0.1) is 0 Å². The molecule has 0 aliphatic rings. The summed E-state index contributed by atoms with van der Waals surface area (Å²) in [6, 6.07) is 0. The molecular formula is C5H12I2O. The minimum atomic E-state index is -0.102. The van der Waals surface area contributed by atoms with Crippen molar-refractivity contribution in [3.8, 4) is 0 Å². The van der Waals surface area contributed by atoms with Gasteiger partial charge in [-0.3, -0.25) is 0 Å². The lowest BCUT2D eigenvalue weighted by Crippen LogP contribution is -1.95. The van der Waals surface area contributed by atoms with Gasteiger partial charge in [0.1, 0.15) is 0 Å². The minimum Gasteiger partial charge on any atom is -0.393 e. The first-order chi connectivity index (χ1) is 3.77. The Morgan fingerprint density at radius 3 is 1.88 bits per heavy atom. The number of hydrogen-bond donors (Lipinski definition) is 1. The molecule has 0 aromatic rings. The molecule has 1 atom stereocenters. The van der Waals surface area contributed by atoms with E-state index in [-0.39, 0.29) is 6.10 Å². The molecule has 0 heterocycles. The second kappa shape index (κ2) is 11.2. The lowest BCUT2D eigenvalue weighted by atomic mass is 10.2. The molecule has 1 N–H and O–H groups in total. The average Bonchev–Trinajstić information content (AvgIpc) is 1.72. The van der Waals surface area contributed by atoms with Gasteiger partial charge in [0.15, 0.2) is 0 Å². The maximum Gasteiger partial charge on any atom is 0.0512 e. The van der Waals surface area contributed by atoms with Crippen LogP contribution in [0.1, 0.15) is 26.7 Å². The molecule has 0 bridgehead atoms. The van der Waals surface area contributed by atoms with E-state index >= 15 is 0 Å². The van der Waals surface area contributed by atoms with E-state index in [0.29, 0.717) is 0 Å². The topological polar surface area (TPSA) is 20.2 Å². The fourth-order valence-electron chi connectivity index (χ4n) is 0.418. The van der Waals surface area contributed by atoms with Crippen LogP contribution in [0.25, 0.3) is 0 Å². The summed E-state index contributed by atoms with van der Waals surface area (Å²) in [5.41, 5.74) is 0. The highest BCUT2D eigenvalue weighted by atomic mass is 128. The zero-order chi connectivity index (χ0) is 6.99. The van der Waals surface area contributed by atoms with Crippen LogP contribution in [0.5, 0.6) is 0 Å². The Morgan fingerprint density at radius 2 is 1.88 bits per heavy atom. The smallest absolute Gasteiger partial charge is 0.0512 e. The van der Waals surface area contributed by atoms with Gasteiger partial charge in [0.2, 0.25) is 0 Å². The molecule has 0 aromatic carbocycles. The Hall–Kier alpha value is 1.42. The molecule has 0 aliphatic carbocycles. The molecule has 0 saturated carbocycles. The van der Waals surface area contributed by atoms with E-state index in [9.17, 15) is 0 Å². The van der Waals surface area contributed by atoms with Crippen LogP contribution in [0.2, 0.25) is 0 Å². The van der Waals surface area contributed by atoms with E-state index < -0.39 is 0 Å². The summed E-state index contributed by atoms with van der Waals surface area (Å²) in [6.45, 7) is 3.87. The molecule has 1 unspecified atom stereocenters. The summed E-state index contributed by atoms with van der Waals surface area (Å²) in [4.78, 5) is 0. The van der Waals surface area contributed by atoms with Gasteiger partial charge >= 0.3 is 0 Å². The Morgan fingerprint density at radius 1 is 1.50 bits per heavy atom. The van der Waals surface area contributed by atoms with Crippen LogP contribution in [0.15, 0.2) is 0 Å². The molecule has 1 nitrogen and oxygen atoms in total. The van der Waals surface area contributed by atoms with Crippen molar-refractivity contribution in [2.75, 3.05) is 0 Å². The summed E-state index contributed by atoms with van der Waals surface area (Å²) in [5.74, 6) is 0. The molecule has 0 rings (SSSR count). The number of rotatable bonds is 2. The fourth-order valence-corrected chi connectivity index (χ4v) is 0.418. The van der Waals surface area contributed by atoms with Crippen molar-refractivity contribution in [2.24, 2.45) is 0 Å². The molecule has 3 heteroatoms. The van der Waals surface area contributed by atoms with Gasteiger partial charge in [-0.2, -0.15) is 0 Å². The van der Waals surface area contributed by atoms with Crippen molar-refractivity contribution in [3.05, 3.63) is 0 Å². The first-order valence-electron chi connectivity index (χ1n) is 2.59. The second-order valence-electron chi connectivity index (χ2n) is 1.64. The van der Waals surface area contributed by atoms with Gasteiger partial charge in [-0.25, -0.2) is 0 Å². The van der Waals surface area contributed by atoms with Crippen LogP contribution in [0.3, 0.4) is 0 Å². The monoisotopic (exact) mass is 342 g/mol. The predicted octanol–water partition coefficient (Wildman–Crippen LogP) is 2.94. The van der Waals surface area contributed by atoms with Gasteiger partial charge < -0.3 is 5.11 Å². The summed E-state index contributed by atoms with van der Waals surface area (Å²) in [5, 5.41) is 8.55. The van der Waals surface area contributed by atoms with Gasteiger partial charge in [-0.1, -0.05) is 13.3 Å². The van der Waals surface area contributed by atoms with Crippen molar-refractivity contribution in [1.82, 2.24) is 0 Å². The second-order valence-corrected chi connectivity index (χ2v) is 1.64. The molecule has 0 aromatic heterocycles.